The Morgan fingerprint density at radius 2 is 1.80 bits per heavy atom. The standard InChI is InChI=1S/C27H24N2O5S/c1-18-7-6-8-20(13-18)16-29-26(31)24(35-27(29)32)15-19-11-12-22(23(14-19)33-2)34-17-25(30)28-21-9-4-3-5-10-21/h3-15H,16-17H2,1-2H3,(H,28,30)/b24-15-. The van der Waals surface area contributed by atoms with E-state index in [0.29, 0.717) is 27.7 Å². The molecule has 0 saturated carbocycles. The highest BCUT2D eigenvalue weighted by Crippen LogP contribution is 2.35. The third kappa shape index (κ3) is 6.10. The summed E-state index contributed by atoms with van der Waals surface area (Å²) in [7, 11) is 1.49. The van der Waals surface area contributed by atoms with Crippen molar-refractivity contribution < 1.29 is 23.9 Å². The average molecular weight is 489 g/mol. The highest BCUT2D eigenvalue weighted by atomic mass is 32.2. The molecular weight excluding hydrogens is 464 g/mol. The Labute approximate surface area is 207 Å². The van der Waals surface area contributed by atoms with Crippen molar-refractivity contribution in [3.63, 3.8) is 0 Å². The smallest absolute Gasteiger partial charge is 0.293 e. The SMILES string of the molecule is COc1cc(/C=C2\SC(=O)N(Cc3cccc(C)c3)C2=O)ccc1OCC(=O)Nc1ccccc1. The second kappa shape index (κ2) is 10.9. The van der Waals surface area contributed by atoms with Crippen LogP contribution >= 0.6 is 11.8 Å². The number of para-hydroxylation sites is 1. The fourth-order valence-electron chi connectivity index (χ4n) is 3.54. The Morgan fingerprint density at radius 1 is 1.00 bits per heavy atom. The van der Waals surface area contributed by atoms with Gasteiger partial charge in [-0.3, -0.25) is 19.3 Å². The lowest BCUT2D eigenvalue weighted by Gasteiger charge is -2.13. The lowest BCUT2D eigenvalue weighted by Crippen LogP contribution is -2.27. The van der Waals surface area contributed by atoms with E-state index in [-0.39, 0.29) is 30.2 Å². The van der Waals surface area contributed by atoms with E-state index in [0.717, 1.165) is 22.9 Å². The van der Waals surface area contributed by atoms with Gasteiger partial charge in [0, 0.05) is 5.69 Å². The van der Waals surface area contributed by atoms with Crippen LogP contribution in [0.15, 0.2) is 77.7 Å². The minimum atomic E-state index is -0.335. The highest BCUT2D eigenvalue weighted by molar-refractivity contribution is 8.18. The molecule has 0 bridgehead atoms. The molecule has 0 spiro atoms. The van der Waals surface area contributed by atoms with Crippen LogP contribution in [-0.2, 0) is 16.1 Å². The van der Waals surface area contributed by atoms with Crippen molar-refractivity contribution in [3.8, 4) is 11.5 Å². The van der Waals surface area contributed by atoms with Crippen molar-refractivity contribution in [2.75, 3.05) is 19.0 Å². The van der Waals surface area contributed by atoms with Gasteiger partial charge in [0.15, 0.2) is 18.1 Å². The van der Waals surface area contributed by atoms with Crippen LogP contribution in [0.5, 0.6) is 11.5 Å². The van der Waals surface area contributed by atoms with Crippen LogP contribution in [0, 0.1) is 6.92 Å². The molecule has 0 unspecified atom stereocenters. The topological polar surface area (TPSA) is 84.9 Å². The number of hydrogen-bond acceptors (Lipinski definition) is 6. The van der Waals surface area contributed by atoms with Gasteiger partial charge in [-0.15, -0.1) is 0 Å². The van der Waals surface area contributed by atoms with Gasteiger partial charge in [0.1, 0.15) is 0 Å². The van der Waals surface area contributed by atoms with Crippen LogP contribution < -0.4 is 14.8 Å². The van der Waals surface area contributed by atoms with Crippen LogP contribution in [0.3, 0.4) is 0 Å². The van der Waals surface area contributed by atoms with E-state index >= 15 is 0 Å². The molecule has 3 aromatic carbocycles. The summed E-state index contributed by atoms with van der Waals surface area (Å²) in [6, 6.07) is 21.9. The quantitative estimate of drug-likeness (QED) is 0.436. The summed E-state index contributed by atoms with van der Waals surface area (Å²) in [4.78, 5) is 39.1. The maximum Gasteiger partial charge on any atom is 0.293 e. The summed E-state index contributed by atoms with van der Waals surface area (Å²) in [6.07, 6.45) is 1.65. The summed E-state index contributed by atoms with van der Waals surface area (Å²) in [5.74, 6) is 0.161. The second-order valence-corrected chi connectivity index (χ2v) is 8.86. The van der Waals surface area contributed by atoms with Crippen LogP contribution in [-0.4, -0.2) is 35.7 Å². The van der Waals surface area contributed by atoms with E-state index in [2.05, 4.69) is 5.32 Å². The Morgan fingerprint density at radius 3 is 2.54 bits per heavy atom. The molecule has 0 aromatic heterocycles. The number of carbonyl (C=O) groups excluding carboxylic acids is 3. The van der Waals surface area contributed by atoms with Gasteiger partial charge in [-0.2, -0.15) is 0 Å². The predicted molar refractivity (Wildman–Crippen MR) is 136 cm³/mol. The number of benzene rings is 3. The van der Waals surface area contributed by atoms with Gasteiger partial charge in [0.25, 0.3) is 17.1 Å². The zero-order chi connectivity index (χ0) is 24.8. The molecule has 35 heavy (non-hydrogen) atoms. The molecule has 1 fully saturated rings. The summed E-state index contributed by atoms with van der Waals surface area (Å²) in [5, 5.41) is 2.45. The molecule has 1 heterocycles. The Kier molecular flexibility index (Phi) is 7.52. The average Bonchev–Trinajstić information content (AvgIpc) is 3.11. The number of rotatable bonds is 8. The molecule has 1 aliphatic heterocycles. The molecule has 1 N–H and O–H groups in total. The van der Waals surface area contributed by atoms with Gasteiger partial charge in [0.2, 0.25) is 0 Å². The number of anilines is 1. The van der Waals surface area contributed by atoms with Gasteiger partial charge >= 0.3 is 0 Å². The number of ether oxygens (including phenoxy) is 2. The predicted octanol–water partition coefficient (Wildman–Crippen LogP) is 5.26. The number of thioether (sulfide) groups is 1. The van der Waals surface area contributed by atoms with Crippen molar-refractivity contribution in [1.29, 1.82) is 0 Å². The molecule has 4 rings (SSSR count). The first kappa shape index (κ1) is 24.1. The molecule has 0 aliphatic carbocycles. The summed E-state index contributed by atoms with van der Waals surface area (Å²) < 4.78 is 11.0. The Hall–Kier alpha value is -4.04. The molecule has 1 saturated heterocycles. The van der Waals surface area contributed by atoms with Crippen LogP contribution in [0.1, 0.15) is 16.7 Å². The van der Waals surface area contributed by atoms with Crippen molar-refractivity contribution in [3.05, 3.63) is 94.4 Å². The highest BCUT2D eigenvalue weighted by Gasteiger charge is 2.35. The summed E-state index contributed by atoms with van der Waals surface area (Å²) in [5.41, 5.74) is 3.31. The fraction of sp³-hybridized carbons (Fsp3) is 0.148. The van der Waals surface area contributed by atoms with Gasteiger partial charge in [-0.1, -0.05) is 54.1 Å². The maximum atomic E-state index is 12.9. The number of aryl methyl sites for hydroxylation is 1. The first-order chi connectivity index (χ1) is 16.9. The largest absolute Gasteiger partial charge is 0.493 e. The van der Waals surface area contributed by atoms with E-state index in [1.165, 1.54) is 12.0 Å². The number of hydrogen-bond donors (Lipinski definition) is 1. The first-order valence-corrected chi connectivity index (χ1v) is 11.7. The second-order valence-electron chi connectivity index (χ2n) is 7.87. The Balaban J connectivity index is 1.42. The van der Waals surface area contributed by atoms with E-state index in [9.17, 15) is 14.4 Å². The monoisotopic (exact) mass is 488 g/mol. The zero-order valence-electron chi connectivity index (χ0n) is 19.3. The van der Waals surface area contributed by atoms with E-state index < -0.39 is 0 Å². The number of nitrogens with one attached hydrogen (secondary N) is 1. The fourth-order valence-corrected chi connectivity index (χ4v) is 4.37. The first-order valence-electron chi connectivity index (χ1n) is 10.9. The molecular formula is C27H24N2O5S. The molecule has 3 amide bonds. The Bertz CT molecular complexity index is 1290. The molecule has 0 radical (unpaired) electrons. The van der Waals surface area contributed by atoms with Gasteiger partial charge in [-0.25, -0.2) is 0 Å². The molecule has 178 valence electrons. The number of amides is 3. The minimum absolute atomic E-state index is 0.192. The van der Waals surface area contributed by atoms with E-state index in [1.807, 2.05) is 49.4 Å². The van der Waals surface area contributed by atoms with E-state index in [1.54, 1.807) is 36.4 Å². The number of imide groups is 1. The van der Waals surface area contributed by atoms with E-state index in [4.69, 9.17) is 9.47 Å². The summed E-state index contributed by atoms with van der Waals surface area (Å²) >= 11 is 0.906. The van der Waals surface area contributed by atoms with Crippen molar-refractivity contribution >= 4 is 40.6 Å². The zero-order valence-corrected chi connectivity index (χ0v) is 20.1. The molecule has 3 aromatic rings. The van der Waals surface area contributed by atoms with Gasteiger partial charge < -0.3 is 14.8 Å². The molecule has 0 atom stereocenters. The number of methoxy groups -OCH3 is 1. The molecule has 8 heteroatoms. The van der Waals surface area contributed by atoms with Crippen molar-refractivity contribution in [1.82, 2.24) is 4.90 Å². The lowest BCUT2D eigenvalue weighted by molar-refractivity contribution is -0.123. The normalized spacial score (nSPS) is 14.3. The third-order valence-corrected chi connectivity index (χ3v) is 6.11. The molecule has 7 nitrogen and oxygen atoms in total. The lowest BCUT2D eigenvalue weighted by atomic mass is 10.1. The van der Waals surface area contributed by atoms with Crippen LogP contribution in [0.2, 0.25) is 0 Å². The van der Waals surface area contributed by atoms with Crippen LogP contribution in [0.25, 0.3) is 6.08 Å². The van der Waals surface area contributed by atoms with Crippen molar-refractivity contribution in [2.45, 2.75) is 13.5 Å². The van der Waals surface area contributed by atoms with Crippen LogP contribution in [0.4, 0.5) is 10.5 Å². The third-order valence-electron chi connectivity index (χ3n) is 5.20. The maximum absolute atomic E-state index is 12.9. The number of nitrogens with zero attached hydrogens (tertiary/aromatic N) is 1. The minimum Gasteiger partial charge on any atom is -0.493 e. The summed E-state index contributed by atoms with van der Waals surface area (Å²) in [6.45, 7) is 2.00. The van der Waals surface area contributed by atoms with Crippen molar-refractivity contribution in [2.24, 2.45) is 0 Å². The van der Waals surface area contributed by atoms with Gasteiger partial charge in [-0.05, 0) is 60.2 Å². The van der Waals surface area contributed by atoms with Gasteiger partial charge in [0.05, 0.1) is 18.6 Å². The number of carbonyl (C=O) groups is 3. The molecule has 1 aliphatic rings.